The van der Waals surface area contributed by atoms with E-state index < -0.39 is 25.3 Å². The highest BCUT2D eigenvalue weighted by molar-refractivity contribution is 7.90. The van der Waals surface area contributed by atoms with Crippen LogP contribution in [-0.2, 0) is 33.5 Å². The van der Waals surface area contributed by atoms with Crippen molar-refractivity contribution in [1.82, 2.24) is 19.5 Å². The highest BCUT2D eigenvalue weighted by atomic mass is 32.2. The van der Waals surface area contributed by atoms with Gasteiger partial charge in [-0.3, -0.25) is 0 Å². The van der Waals surface area contributed by atoms with Gasteiger partial charge in [-0.1, -0.05) is 41.5 Å². The summed E-state index contributed by atoms with van der Waals surface area (Å²) in [5.74, 6) is 0.301. The minimum Gasteiger partial charge on any atom is -0.609 e. The van der Waals surface area contributed by atoms with E-state index in [1.165, 1.54) is 18.6 Å². The van der Waals surface area contributed by atoms with E-state index in [0.717, 1.165) is 12.2 Å². The van der Waals surface area contributed by atoms with Crippen LogP contribution in [0, 0.1) is 5.82 Å². The molecule has 0 saturated carbocycles. The van der Waals surface area contributed by atoms with Gasteiger partial charge in [0.25, 0.3) is 0 Å². The van der Waals surface area contributed by atoms with Crippen molar-refractivity contribution >= 4 is 30.5 Å². The van der Waals surface area contributed by atoms with Crippen molar-refractivity contribution in [3.8, 4) is 22.6 Å². The number of aryl methyl sites for hydroxylation is 1. The monoisotopic (exact) mass is 600 g/mol. The lowest BCUT2D eigenvalue weighted by Crippen LogP contribution is -2.48. The molecular weight excluding hydrogens is 560 g/mol. The van der Waals surface area contributed by atoms with Gasteiger partial charge in [0.15, 0.2) is 8.32 Å². The van der Waals surface area contributed by atoms with Gasteiger partial charge in [0.2, 0.25) is 0 Å². The van der Waals surface area contributed by atoms with Gasteiger partial charge >= 0.3 is 5.16 Å². The summed E-state index contributed by atoms with van der Waals surface area (Å²) in [6.45, 7) is 14.5. The summed E-state index contributed by atoms with van der Waals surface area (Å²) in [4.78, 5) is 13.7. The Hall–Kier alpha value is -2.57. The van der Waals surface area contributed by atoms with Crippen molar-refractivity contribution in [2.24, 2.45) is 0 Å². The first-order valence-corrected chi connectivity index (χ1v) is 17.8. The molecule has 3 aromatic heterocycles. The number of nitrogens with zero attached hydrogens (tertiary/aromatic N) is 4. The van der Waals surface area contributed by atoms with Gasteiger partial charge < -0.3 is 22.7 Å². The molecule has 0 spiro atoms. The maximum absolute atomic E-state index is 15.6. The molecule has 0 saturated heterocycles. The molecule has 0 aliphatic carbocycles. The number of rotatable bonds is 13. The summed E-state index contributed by atoms with van der Waals surface area (Å²) in [6.07, 6.45) is 5.95. The quantitative estimate of drug-likeness (QED) is 0.0684. The van der Waals surface area contributed by atoms with Gasteiger partial charge in [0, 0.05) is 48.5 Å². The number of imidazole rings is 1. The van der Waals surface area contributed by atoms with E-state index in [4.69, 9.17) is 18.6 Å². The van der Waals surface area contributed by atoms with Crippen LogP contribution in [-0.4, -0.2) is 52.4 Å². The van der Waals surface area contributed by atoms with Crippen LogP contribution >= 0.6 is 0 Å². The Kier molecular flexibility index (Phi) is 10.1. The van der Waals surface area contributed by atoms with E-state index in [9.17, 15) is 4.55 Å². The predicted molar refractivity (Wildman–Crippen MR) is 163 cm³/mol. The Labute approximate surface area is 246 Å². The highest BCUT2D eigenvalue weighted by Gasteiger charge is 2.44. The second kappa shape index (κ2) is 13.2. The number of aromatic nitrogens is 4. The average molecular weight is 601 g/mol. The molecule has 4 rings (SSSR count). The highest BCUT2D eigenvalue weighted by Crippen LogP contribution is 2.42. The Morgan fingerprint density at radius 3 is 2.41 bits per heavy atom. The van der Waals surface area contributed by atoms with Crippen LogP contribution < -0.4 is 0 Å². The van der Waals surface area contributed by atoms with Crippen LogP contribution in [0.5, 0.6) is 0 Å². The first kappa shape index (κ1) is 31.4. The minimum atomic E-state index is -2.01. The topological polar surface area (TPSA) is 98.3 Å². The molecule has 1 atom stereocenters. The van der Waals surface area contributed by atoms with E-state index in [1.807, 2.05) is 4.57 Å². The summed E-state index contributed by atoms with van der Waals surface area (Å²) in [5, 5.41) is 0.855. The molecule has 3 heterocycles. The van der Waals surface area contributed by atoms with E-state index in [1.54, 1.807) is 31.5 Å². The van der Waals surface area contributed by atoms with Gasteiger partial charge in [0.05, 0.1) is 17.7 Å². The summed E-state index contributed by atoms with van der Waals surface area (Å²) in [6, 6.07) is 6.54. The Morgan fingerprint density at radius 2 is 1.78 bits per heavy atom. The molecule has 11 heteroatoms. The number of benzene rings is 1. The zero-order chi connectivity index (χ0) is 29.9. The fourth-order valence-corrected chi connectivity index (χ4v) is 12.1. The Morgan fingerprint density at radius 1 is 1.07 bits per heavy atom. The van der Waals surface area contributed by atoms with Crippen molar-refractivity contribution in [3.63, 3.8) is 0 Å². The Balaban J connectivity index is 1.77. The summed E-state index contributed by atoms with van der Waals surface area (Å²) < 4.78 is 47.6. The van der Waals surface area contributed by atoms with Crippen molar-refractivity contribution < 1.29 is 22.5 Å². The predicted octanol–water partition coefficient (Wildman–Crippen LogP) is 7.36. The zero-order valence-corrected chi connectivity index (χ0v) is 27.0. The van der Waals surface area contributed by atoms with Crippen molar-refractivity contribution in [2.45, 2.75) is 82.9 Å². The largest absolute Gasteiger partial charge is 0.609 e. The number of hydrogen-bond acceptors (Lipinski definition) is 7. The molecular formula is C30H41FN4O4SSi. The maximum Gasteiger partial charge on any atom is 0.343 e. The molecule has 1 unspecified atom stereocenters. The molecule has 222 valence electrons. The average Bonchev–Trinajstić information content (AvgIpc) is 3.51. The fourth-order valence-electron chi connectivity index (χ4n) is 6.16. The molecule has 4 aromatic rings. The minimum absolute atomic E-state index is 0.181. The van der Waals surface area contributed by atoms with Gasteiger partial charge in [0.1, 0.15) is 35.9 Å². The van der Waals surface area contributed by atoms with E-state index in [-0.39, 0.29) is 11.9 Å². The van der Waals surface area contributed by atoms with Gasteiger partial charge in [-0.15, -0.1) is 0 Å². The molecule has 1 aromatic carbocycles. The lowest BCUT2D eigenvalue weighted by molar-refractivity contribution is 0.129. The van der Waals surface area contributed by atoms with Crippen LogP contribution in [0.1, 0.15) is 53.8 Å². The van der Waals surface area contributed by atoms with Crippen molar-refractivity contribution in [1.29, 1.82) is 0 Å². The summed E-state index contributed by atoms with van der Waals surface area (Å²) in [5.41, 5.74) is 3.78. The smallest absolute Gasteiger partial charge is 0.343 e. The summed E-state index contributed by atoms with van der Waals surface area (Å²) >= 11 is -1.40. The first-order valence-electron chi connectivity index (χ1n) is 14.1. The SMILES string of the molecule is COCn1c(CCCO[Si](C(C)C)(C(C)C)C(C)C)nc(-c2cc3occc3cc2F)c1-c1ccnc([S+](C)[O-])n1. The van der Waals surface area contributed by atoms with E-state index in [0.29, 0.717) is 63.3 Å². The molecule has 0 bridgehead atoms. The number of ether oxygens (including phenoxy) is 1. The third-order valence-electron chi connectivity index (χ3n) is 7.84. The molecule has 0 amide bonds. The molecule has 0 aliphatic rings. The van der Waals surface area contributed by atoms with Gasteiger partial charge in [-0.2, -0.15) is 9.97 Å². The first-order chi connectivity index (χ1) is 19.5. The number of furan rings is 1. The molecule has 41 heavy (non-hydrogen) atoms. The third-order valence-corrected chi connectivity index (χ3v) is 14.7. The number of fused-ring (bicyclic) bond motifs is 1. The lowest BCUT2D eigenvalue weighted by Gasteiger charge is -2.42. The number of halogens is 1. The van der Waals surface area contributed by atoms with Crippen molar-refractivity contribution in [2.75, 3.05) is 20.0 Å². The zero-order valence-electron chi connectivity index (χ0n) is 25.2. The third kappa shape index (κ3) is 6.29. The number of hydrogen-bond donors (Lipinski definition) is 0. The van der Waals surface area contributed by atoms with E-state index >= 15 is 4.39 Å². The Bertz CT molecular complexity index is 1450. The second-order valence-corrected chi connectivity index (χ2v) is 18.0. The molecule has 0 aliphatic heterocycles. The second-order valence-electron chi connectivity index (χ2n) is 11.3. The fraction of sp³-hybridized carbons (Fsp3) is 0.500. The standard InChI is InChI=1S/C30H41FN4O4SSi/c1-19(2)41(20(3)4,21(5)6)39-14-9-10-27-34-28(23-17-26-22(12-15-38-26)16-24(23)31)29(35(27)18-37-7)25-11-13-32-30(33-25)40(8)36/h11-13,15-17,19-21H,9-10,14,18H2,1-8H3. The van der Waals surface area contributed by atoms with Gasteiger partial charge in [-0.25, -0.2) is 9.37 Å². The normalized spacial score (nSPS) is 13.3. The van der Waals surface area contributed by atoms with Crippen LogP contribution in [0.3, 0.4) is 0 Å². The lowest BCUT2D eigenvalue weighted by atomic mass is 10.1. The maximum atomic E-state index is 15.6. The molecule has 0 N–H and O–H groups in total. The summed E-state index contributed by atoms with van der Waals surface area (Å²) in [7, 11) is -0.404. The molecule has 8 nitrogen and oxygen atoms in total. The van der Waals surface area contributed by atoms with E-state index in [2.05, 4.69) is 51.5 Å². The number of methoxy groups -OCH3 is 1. The molecule has 0 fully saturated rings. The van der Waals surface area contributed by atoms with Gasteiger partial charge in [-0.05, 0) is 47.3 Å². The van der Waals surface area contributed by atoms with Crippen LogP contribution in [0.25, 0.3) is 33.6 Å². The van der Waals surface area contributed by atoms with Crippen molar-refractivity contribution in [3.05, 3.63) is 48.4 Å². The van der Waals surface area contributed by atoms with Crippen LogP contribution in [0.2, 0.25) is 16.6 Å². The van der Waals surface area contributed by atoms with Crippen LogP contribution in [0.15, 0.2) is 46.3 Å². The molecule has 0 radical (unpaired) electrons. The van der Waals surface area contributed by atoms with Crippen LogP contribution in [0.4, 0.5) is 4.39 Å².